The summed E-state index contributed by atoms with van der Waals surface area (Å²) in [7, 11) is 0. The molecule has 0 heterocycles. The highest BCUT2D eigenvalue weighted by atomic mass is 16.4. The Hall–Kier alpha value is -1.19. The van der Waals surface area contributed by atoms with Gasteiger partial charge < -0.3 is 10.5 Å². The third-order valence-corrected chi connectivity index (χ3v) is 0.281. The average molecular weight is 102 g/mol. The second-order valence-electron chi connectivity index (χ2n) is 0.779. The summed E-state index contributed by atoms with van der Waals surface area (Å²) < 4.78 is 0. The van der Waals surface area contributed by atoms with Gasteiger partial charge in [-0.25, -0.2) is 10.2 Å². The van der Waals surface area contributed by atoms with Crippen LogP contribution < -0.4 is 10.9 Å². The van der Waals surface area contributed by atoms with E-state index >= 15 is 0 Å². The summed E-state index contributed by atoms with van der Waals surface area (Å²) in [6, 6.07) is 0. The lowest BCUT2D eigenvalue weighted by Crippen LogP contribution is -2.31. The molecule has 0 bridgehead atoms. The van der Waals surface area contributed by atoms with E-state index in [1.54, 1.807) is 0 Å². The first kappa shape index (κ1) is 5.81. The normalized spacial score (nSPS) is 6.86. The van der Waals surface area contributed by atoms with Gasteiger partial charge in [-0.15, -0.1) is 0 Å². The molecule has 0 radical (unpaired) electrons. The lowest BCUT2D eigenvalue weighted by atomic mass is 11.0. The zero-order chi connectivity index (χ0) is 5.70. The van der Waals surface area contributed by atoms with E-state index < -0.39 is 6.09 Å². The fourth-order valence-electron chi connectivity index (χ4n) is 0.113. The molecule has 0 unspecified atom stereocenters. The molecule has 0 aromatic heterocycles. The number of carbonyl (C=O) groups is 1. The summed E-state index contributed by atoms with van der Waals surface area (Å²) in [5.74, 6) is 0. The second-order valence-corrected chi connectivity index (χ2v) is 0.779. The Morgan fingerprint density at radius 3 is 2.57 bits per heavy atom. The molecule has 0 atom stereocenters. The van der Waals surface area contributed by atoms with E-state index in [2.05, 4.69) is 12.0 Å². The van der Waals surface area contributed by atoms with Gasteiger partial charge in [0.2, 0.25) is 0 Å². The van der Waals surface area contributed by atoms with Gasteiger partial charge >= 0.3 is 6.09 Å². The third-order valence-electron chi connectivity index (χ3n) is 0.281. The van der Waals surface area contributed by atoms with Gasteiger partial charge in [-0.05, 0) is 0 Å². The molecule has 4 heteroatoms. The highest BCUT2D eigenvalue weighted by molar-refractivity contribution is 5.63. The number of hydrazine groups is 1. The van der Waals surface area contributed by atoms with Gasteiger partial charge in [-0.2, -0.15) is 0 Å². The number of carboxylic acid groups (broad SMARTS) is 1. The van der Waals surface area contributed by atoms with Gasteiger partial charge in [-0.1, -0.05) is 6.58 Å². The Kier molecular flexibility index (Phi) is 2.50. The molecule has 4 nitrogen and oxygen atoms in total. The van der Waals surface area contributed by atoms with Crippen molar-refractivity contribution in [3.8, 4) is 0 Å². The van der Waals surface area contributed by atoms with Crippen LogP contribution in [-0.2, 0) is 0 Å². The molecule has 0 spiro atoms. The van der Waals surface area contributed by atoms with E-state index in [1.807, 2.05) is 5.43 Å². The van der Waals surface area contributed by atoms with E-state index in [9.17, 15) is 4.79 Å². The van der Waals surface area contributed by atoms with E-state index in [0.29, 0.717) is 0 Å². The van der Waals surface area contributed by atoms with Gasteiger partial charge in [-0.3, -0.25) is 0 Å². The molecular weight excluding hydrogens is 96.0 g/mol. The van der Waals surface area contributed by atoms with Crippen LogP contribution >= 0.6 is 0 Å². The molecule has 1 amide bonds. The zero-order valence-corrected chi connectivity index (χ0v) is 3.64. The number of hydrogen-bond donors (Lipinski definition) is 3. The first-order chi connectivity index (χ1) is 3.27. The molecule has 0 fully saturated rings. The van der Waals surface area contributed by atoms with E-state index in [1.165, 1.54) is 6.20 Å². The Morgan fingerprint density at radius 1 is 1.86 bits per heavy atom. The summed E-state index contributed by atoms with van der Waals surface area (Å²) in [6.45, 7) is 3.20. The second kappa shape index (κ2) is 3.02. The molecule has 0 aliphatic carbocycles. The van der Waals surface area contributed by atoms with Crippen molar-refractivity contribution in [2.24, 2.45) is 0 Å². The maximum absolute atomic E-state index is 9.54. The van der Waals surface area contributed by atoms with Gasteiger partial charge in [0.1, 0.15) is 0 Å². The van der Waals surface area contributed by atoms with Crippen LogP contribution in [0.3, 0.4) is 0 Å². The molecule has 0 aromatic carbocycles. The minimum atomic E-state index is -1.13. The topological polar surface area (TPSA) is 61.4 Å². The summed E-state index contributed by atoms with van der Waals surface area (Å²) in [5.41, 5.74) is 4.01. The number of hydrogen-bond acceptors (Lipinski definition) is 2. The Labute approximate surface area is 40.8 Å². The van der Waals surface area contributed by atoms with Gasteiger partial charge in [0.25, 0.3) is 0 Å². The van der Waals surface area contributed by atoms with Gasteiger partial charge in [0.05, 0.1) is 0 Å². The molecule has 0 aliphatic rings. The van der Waals surface area contributed by atoms with Crippen molar-refractivity contribution >= 4 is 6.09 Å². The minimum absolute atomic E-state index is 1.13. The Balaban J connectivity index is 2.97. The standard InChI is InChI=1S/C3H6N2O2/c1-2-4-5-3(6)7/h2,4-5H,1H2,(H,6,7). The Morgan fingerprint density at radius 2 is 2.43 bits per heavy atom. The molecule has 7 heavy (non-hydrogen) atoms. The first-order valence-electron chi connectivity index (χ1n) is 1.62. The van der Waals surface area contributed by atoms with Crippen molar-refractivity contribution in [1.82, 2.24) is 10.9 Å². The quantitative estimate of drug-likeness (QED) is 0.427. The van der Waals surface area contributed by atoms with Crippen molar-refractivity contribution < 1.29 is 9.90 Å². The maximum atomic E-state index is 9.54. The largest absolute Gasteiger partial charge is 0.464 e. The molecule has 0 saturated heterocycles. The molecule has 0 saturated carbocycles. The Bertz CT molecular complexity index is 81.0. The molecule has 3 N–H and O–H groups in total. The van der Waals surface area contributed by atoms with Crippen LogP contribution in [0.5, 0.6) is 0 Å². The highest BCUT2D eigenvalue weighted by Crippen LogP contribution is 1.51. The number of amides is 1. The maximum Gasteiger partial charge on any atom is 0.423 e. The lowest BCUT2D eigenvalue weighted by Gasteiger charge is -1.93. The molecule has 0 aliphatic heterocycles. The summed E-state index contributed by atoms with van der Waals surface area (Å²) in [5, 5.41) is 7.82. The van der Waals surface area contributed by atoms with Crippen molar-refractivity contribution in [3.63, 3.8) is 0 Å². The number of nitrogens with one attached hydrogen (secondary N) is 2. The van der Waals surface area contributed by atoms with Crippen LogP contribution in [0.4, 0.5) is 4.79 Å². The van der Waals surface area contributed by atoms with Crippen LogP contribution in [0.2, 0.25) is 0 Å². The summed E-state index contributed by atoms with van der Waals surface area (Å²) in [4.78, 5) is 9.54. The van der Waals surface area contributed by atoms with Crippen molar-refractivity contribution in [2.75, 3.05) is 0 Å². The average Bonchev–Trinajstić information content (AvgIpc) is 1.61. The lowest BCUT2D eigenvalue weighted by molar-refractivity contribution is 0.191. The van der Waals surface area contributed by atoms with Gasteiger partial charge in [0.15, 0.2) is 0 Å². The molecule has 0 rings (SSSR count). The third kappa shape index (κ3) is 4.81. The molecule has 0 aromatic rings. The SMILES string of the molecule is C=CNNC(=O)O. The van der Waals surface area contributed by atoms with Crippen LogP contribution in [0.15, 0.2) is 12.8 Å². The van der Waals surface area contributed by atoms with Crippen LogP contribution in [0, 0.1) is 0 Å². The fraction of sp³-hybridized carbons (Fsp3) is 0. The molecular formula is C3H6N2O2. The summed E-state index contributed by atoms with van der Waals surface area (Å²) in [6.07, 6.45) is 0.105. The van der Waals surface area contributed by atoms with E-state index in [4.69, 9.17) is 5.11 Å². The fourth-order valence-corrected chi connectivity index (χ4v) is 0.113. The van der Waals surface area contributed by atoms with Crippen molar-refractivity contribution in [1.29, 1.82) is 0 Å². The minimum Gasteiger partial charge on any atom is -0.464 e. The predicted molar refractivity (Wildman–Crippen MR) is 24.5 cm³/mol. The van der Waals surface area contributed by atoms with Crippen molar-refractivity contribution in [3.05, 3.63) is 12.8 Å². The predicted octanol–water partition coefficient (Wildman–Crippen LogP) is -0.0979. The number of rotatable bonds is 2. The van der Waals surface area contributed by atoms with E-state index in [-0.39, 0.29) is 0 Å². The van der Waals surface area contributed by atoms with E-state index in [0.717, 1.165) is 0 Å². The smallest absolute Gasteiger partial charge is 0.423 e. The highest BCUT2D eigenvalue weighted by Gasteiger charge is 1.83. The van der Waals surface area contributed by atoms with Crippen LogP contribution in [0.25, 0.3) is 0 Å². The summed E-state index contributed by atoms with van der Waals surface area (Å²) >= 11 is 0. The van der Waals surface area contributed by atoms with Gasteiger partial charge in [0, 0.05) is 6.20 Å². The zero-order valence-electron chi connectivity index (χ0n) is 3.64. The molecule has 40 valence electrons. The monoisotopic (exact) mass is 102 g/mol. The first-order valence-corrected chi connectivity index (χ1v) is 1.62. The van der Waals surface area contributed by atoms with Crippen molar-refractivity contribution in [2.45, 2.75) is 0 Å². The van der Waals surface area contributed by atoms with Crippen LogP contribution in [-0.4, -0.2) is 11.2 Å². The van der Waals surface area contributed by atoms with Crippen LogP contribution in [0.1, 0.15) is 0 Å².